The molecule has 1 aliphatic heterocycles. The highest BCUT2D eigenvalue weighted by molar-refractivity contribution is 8.26. The molecule has 2 aromatic rings. The molecule has 0 aliphatic carbocycles. The van der Waals surface area contributed by atoms with Gasteiger partial charge >= 0.3 is 5.97 Å². The second kappa shape index (κ2) is 7.63. The molecule has 25 heavy (non-hydrogen) atoms. The van der Waals surface area contributed by atoms with Gasteiger partial charge in [0.25, 0.3) is 5.91 Å². The monoisotopic (exact) mass is 369 g/mol. The number of carboxylic acid groups (broad SMARTS) is 1. The molecular weight excluding hydrogens is 354 g/mol. The van der Waals surface area contributed by atoms with E-state index in [1.54, 1.807) is 6.08 Å². The van der Waals surface area contributed by atoms with E-state index < -0.39 is 5.97 Å². The Morgan fingerprint density at radius 2 is 1.84 bits per heavy atom. The molecule has 0 bridgehead atoms. The number of carbonyl (C=O) groups is 2. The van der Waals surface area contributed by atoms with Crippen LogP contribution in [0.1, 0.15) is 12.0 Å². The highest BCUT2D eigenvalue weighted by atomic mass is 32.2. The van der Waals surface area contributed by atoms with Crippen LogP contribution in [0.5, 0.6) is 0 Å². The van der Waals surface area contributed by atoms with Crippen LogP contribution >= 0.6 is 24.0 Å². The van der Waals surface area contributed by atoms with Crippen LogP contribution < -0.4 is 0 Å². The molecule has 0 aromatic heterocycles. The number of thioether (sulfide) groups is 1. The SMILES string of the molecule is O=C(O)CCN1C(=O)/C(=C/c2cccc(-c3ccccc3)c2)SC1=S. The molecule has 0 unspecified atom stereocenters. The normalized spacial score (nSPS) is 15.8. The van der Waals surface area contributed by atoms with E-state index in [9.17, 15) is 9.59 Å². The van der Waals surface area contributed by atoms with Gasteiger partial charge in [-0.3, -0.25) is 14.5 Å². The minimum atomic E-state index is -0.950. The van der Waals surface area contributed by atoms with E-state index >= 15 is 0 Å². The standard InChI is InChI=1S/C19H15NO3S2/c21-17(22)9-10-20-18(23)16(25-19(20)24)12-13-5-4-8-15(11-13)14-6-2-1-3-7-14/h1-8,11-12H,9-10H2,(H,21,22)/b16-12-. The lowest BCUT2D eigenvalue weighted by molar-refractivity contribution is -0.137. The zero-order valence-electron chi connectivity index (χ0n) is 13.2. The van der Waals surface area contributed by atoms with Crippen LogP contribution in [0.15, 0.2) is 59.5 Å². The van der Waals surface area contributed by atoms with Gasteiger partial charge in [-0.1, -0.05) is 72.5 Å². The molecule has 0 spiro atoms. The molecular formula is C19H15NO3S2. The van der Waals surface area contributed by atoms with Crippen LogP contribution in [0.2, 0.25) is 0 Å². The molecule has 0 saturated carbocycles. The first-order valence-electron chi connectivity index (χ1n) is 7.67. The molecule has 1 heterocycles. The van der Waals surface area contributed by atoms with Crippen molar-refractivity contribution in [2.45, 2.75) is 6.42 Å². The predicted molar refractivity (Wildman–Crippen MR) is 104 cm³/mol. The Morgan fingerprint density at radius 1 is 1.12 bits per heavy atom. The second-order valence-corrected chi connectivity index (χ2v) is 7.14. The fourth-order valence-corrected chi connectivity index (χ4v) is 3.80. The summed E-state index contributed by atoms with van der Waals surface area (Å²) >= 11 is 6.41. The van der Waals surface area contributed by atoms with Crippen molar-refractivity contribution in [3.63, 3.8) is 0 Å². The van der Waals surface area contributed by atoms with Gasteiger partial charge in [0.1, 0.15) is 4.32 Å². The van der Waals surface area contributed by atoms with Crippen molar-refractivity contribution in [2.75, 3.05) is 6.54 Å². The fraction of sp³-hybridized carbons (Fsp3) is 0.105. The van der Waals surface area contributed by atoms with E-state index in [-0.39, 0.29) is 18.9 Å². The first-order valence-corrected chi connectivity index (χ1v) is 8.90. The maximum absolute atomic E-state index is 12.4. The molecule has 0 atom stereocenters. The van der Waals surface area contributed by atoms with Crippen molar-refractivity contribution < 1.29 is 14.7 Å². The third kappa shape index (κ3) is 4.15. The van der Waals surface area contributed by atoms with E-state index in [4.69, 9.17) is 17.3 Å². The van der Waals surface area contributed by atoms with Crippen molar-refractivity contribution in [1.29, 1.82) is 0 Å². The molecule has 2 aromatic carbocycles. The van der Waals surface area contributed by atoms with Gasteiger partial charge in [-0.05, 0) is 28.8 Å². The van der Waals surface area contributed by atoms with E-state index in [0.29, 0.717) is 9.23 Å². The number of thiocarbonyl (C=S) groups is 1. The smallest absolute Gasteiger partial charge is 0.305 e. The Kier molecular flexibility index (Phi) is 5.31. The molecule has 1 saturated heterocycles. The zero-order chi connectivity index (χ0) is 17.8. The largest absolute Gasteiger partial charge is 0.481 e. The minimum Gasteiger partial charge on any atom is -0.481 e. The zero-order valence-corrected chi connectivity index (χ0v) is 14.8. The number of hydrogen-bond donors (Lipinski definition) is 1. The van der Waals surface area contributed by atoms with Crippen molar-refractivity contribution in [2.24, 2.45) is 0 Å². The van der Waals surface area contributed by atoms with Crippen molar-refractivity contribution in [3.8, 4) is 11.1 Å². The summed E-state index contributed by atoms with van der Waals surface area (Å²) in [7, 11) is 0. The van der Waals surface area contributed by atoms with Gasteiger partial charge in [-0.2, -0.15) is 0 Å². The van der Waals surface area contributed by atoms with Gasteiger partial charge in [0, 0.05) is 6.54 Å². The molecule has 4 nitrogen and oxygen atoms in total. The lowest BCUT2D eigenvalue weighted by Gasteiger charge is -2.12. The number of aliphatic carboxylic acids is 1. The van der Waals surface area contributed by atoms with E-state index in [0.717, 1.165) is 16.7 Å². The summed E-state index contributed by atoms with van der Waals surface area (Å²) < 4.78 is 0.400. The number of carboxylic acids is 1. The number of carbonyl (C=O) groups excluding carboxylic acids is 1. The molecule has 0 radical (unpaired) electrons. The number of amides is 1. The Hall–Kier alpha value is -2.44. The average molecular weight is 369 g/mol. The summed E-state index contributed by atoms with van der Waals surface area (Å²) in [6.45, 7) is 0.0986. The van der Waals surface area contributed by atoms with Gasteiger partial charge in [-0.25, -0.2) is 0 Å². The minimum absolute atomic E-state index is 0.0986. The van der Waals surface area contributed by atoms with Crippen molar-refractivity contribution in [3.05, 3.63) is 65.1 Å². The third-order valence-corrected chi connectivity index (χ3v) is 5.09. The molecule has 3 rings (SSSR count). The van der Waals surface area contributed by atoms with Gasteiger partial charge < -0.3 is 5.11 Å². The summed E-state index contributed by atoms with van der Waals surface area (Å²) in [6, 6.07) is 17.9. The topological polar surface area (TPSA) is 57.6 Å². The molecule has 126 valence electrons. The Bertz CT molecular complexity index is 862. The van der Waals surface area contributed by atoms with E-state index in [2.05, 4.69) is 0 Å². The Labute approximate surface area is 155 Å². The maximum atomic E-state index is 12.4. The highest BCUT2D eigenvalue weighted by Gasteiger charge is 2.31. The summed E-state index contributed by atoms with van der Waals surface area (Å²) in [5.74, 6) is -1.19. The molecule has 1 amide bonds. The lowest BCUT2D eigenvalue weighted by atomic mass is 10.0. The van der Waals surface area contributed by atoms with Crippen molar-refractivity contribution >= 4 is 46.3 Å². The summed E-state index contributed by atoms with van der Waals surface area (Å²) in [5, 5.41) is 8.78. The first kappa shape index (κ1) is 17.4. The summed E-state index contributed by atoms with van der Waals surface area (Å²) in [6.07, 6.45) is 1.68. The first-order chi connectivity index (χ1) is 12.0. The van der Waals surface area contributed by atoms with Crippen molar-refractivity contribution in [1.82, 2.24) is 4.90 Å². The van der Waals surface area contributed by atoms with Gasteiger partial charge in [0.2, 0.25) is 0 Å². The lowest BCUT2D eigenvalue weighted by Crippen LogP contribution is -2.30. The summed E-state index contributed by atoms with van der Waals surface area (Å²) in [5.41, 5.74) is 3.07. The van der Waals surface area contributed by atoms with Crippen LogP contribution in [0.3, 0.4) is 0 Å². The third-order valence-electron chi connectivity index (χ3n) is 3.71. The Morgan fingerprint density at radius 3 is 2.56 bits per heavy atom. The van der Waals surface area contributed by atoms with Crippen LogP contribution in [0, 0.1) is 0 Å². The summed E-state index contributed by atoms with van der Waals surface area (Å²) in [4.78, 5) is 25.0. The van der Waals surface area contributed by atoms with Gasteiger partial charge in [0.05, 0.1) is 11.3 Å². The van der Waals surface area contributed by atoms with Crippen LogP contribution in [0.25, 0.3) is 17.2 Å². The van der Waals surface area contributed by atoms with Gasteiger partial charge in [-0.15, -0.1) is 0 Å². The number of nitrogens with zero attached hydrogens (tertiary/aromatic N) is 1. The molecule has 1 aliphatic rings. The number of benzene rings is 2. The van der Waals surface area contributed by atoms with Crippen LogP contribution in [0.4, 0.5) is 0 Å². The molecule has 1 fully saturated rings. The van der Waals surface area contributed by atoms with E-state index in [1.165, 1.54) is 16.7 Å². The number of hydrogen-bond acceptors (Lipinski definition) is 4. The predicted octanol–water partition coefficient (Wildman–Crippen LogP) is 4.03. The fourth-order valence-electron chi connectivity index (χ4n) is 2.49. The van der Waals surface area contributed by atoms with Crippen LogP contribution in [-0.4, -0.2) is 32.7 Å². The highest BCUT2D eigenvalue weighted by Crippen LogP contribution is 2.33. The average Bonchev–Trinajstić information content (AvgIpc) is 2.87. The Balaban J connectivity index is 1.83. The maximum Gasteiger partial charge on any atom is 0.305 e. The molecule has 1 N–H and O–H groups in total. The van der Waals surface area contributed by atoms with Gasteiger partial charge in [0.15, 0.2) is 0 Å². The number of rotatable bonds is 5. The van der Waals surface area contributed by atoms with E-state index in [1.807, 2.05) is 54.6 Å². The second-order valence-electron chi connectivity index (χ2n) is 5.47. The quantitative estimate of drug-likeness (QED) is 0.637. The molecule has 6 heteroatoms. The van der Waals surface area contributed by atoms with Crippen LogP contribution in [-0.2, 0) is 9.59 Å².